The summed E-state index contributed by atoms with van der Waals surface area (Å²) in [6.07, 6.45) is -5.60. The van der Waals surface area contributed by atoms with Crippen LogP contribution in [0.15, 0.2) is 62.4 Å². The van der Waals surface area contributed by atoms with E-state index in [1.807, 2.05) is 12.1 Å². The molecule has 1 fully saturated rings. The van der Waals surface area contributed by atoms with Gasteiger partial charge in [0, 0.05) is 10.5 Å². The molecule has 0 saturated carbocycles. The lowest BCUT2D eigenvalue weighted by Crippen LogP contribution is -2.60. The minimum Gasteiger partial charge on any atom is -0.463 e. The fourth-order valence-electron chi connectivity index (χ4n) is 3.31. The van der Waals surface area contributed by atoms with E-state index in [0.29, 0.717) is 10.9 Å². The van der Waals surface area contributed by atoms with Gasteiger partial charge in [0.1, 0.15) is 42.0 Å². The first-order valence-corrected chi connectivity index (χ1v) is 9.97. The van der Waals surface area contributed by atoms with Gasteiger partial charge in [-0.3, -0.25) is 4.79 Å². The molecule has 1 aliphatic heterocycles. The Morgan fingerprint density at radius 3 is 2.43 bits per heavy atom. The number of hydrogen-bond donors (Lipinski definition) is 4. The quantitative estimate of drug-likeness (QED) is 0.442. The van der Waals surface area contributed by atoms with Gasteiger partial charge in [-0.25, -0.2) is 0 Å². The lowest BCUT2D eigenvalue weighted by molar-refractivity contribution is -0.277. The predicted octanol–water partition coefficient (Wildman–Crippen LogP) is 1.40. The molecule has 2 heterocycles. The molecular formula is C21H19BrO8. The van der Waals surface area contributed by atoms with Gasteiger partial charge in [-0.05, 0) is 29.8 Å². The summed E-state index contributed by atoms with van der Waals surface area (Å²) < 4.78 is 17.4. The van der Waals surface area contributed by atoms with Crippen LogP contribution in [-0.4, -0.2) is 57.7 Å². The van der Waals surface area contributed by atoms with Gasteiger partial charge in [0.05, 0.1) is 17.6 Å². The zero-order chi connectivity index (χ0) is 21.4. The lowest BCUT2D eigenvalue weighted by atomic mass is 9.99. The van der Waals surface area contributed by atoms with Crippen molar-refractivity contribution in [1.82, 2.24) is 0 Å². The van der Waals surface area contributed by atoms with E-state index in [1.165, 1.54) is 24.5 Å². The highest BCUT2D eigenvalue weighted by molar-refractivity contribution is 9.10. The Labute approximate surface area is 179 Å². The van der Waals surface area contributed by atoms with Crippen molar-refractivity contribution >= 4 is 26.9 Å². The third-order valence-electron chi connectivity index (χ3n) is 5.00. The fraction of sp³-hybridized carbons (Fsp3) is 0.286. The van der Waals surface area contributed by atoms with Gasteiger partial charge in [0.25, 0.3) is 0 Å². The molecule has 0 bridgehead atoms. The molecule has 0 amide bonds. The van der Waals surface area contributed by atoms with Crippen molar-refractivity contribution in [2.45, 2.75) is 30.7 Å². The van der Waals surface area contributed by atoms with Gasteiger partial charge in [0.15, 0.2) is 5.43 Å². The van der Waals surface area contributed by atoms with E-state index in [0.717, 1.165) is 10.0 Å². The van der Waals surface area contributed by atoms with Crippen molar-refractivity contribution in [3.05, 3.63) is 63.4 Å². The molecule has 3 aromatic rings. The summed E-state index contributed by atoms with van der Waals surface area (Å²) in [5.41, 5.74) is 1.19. The molecule has 1 aliphatic rings. The average molecular weight is 479 g/mol. The molecule has 1 saturated heterocycles. The summed E-state index contributed by atoms with van der Waals surface area (Å²) in [5, 5.41) is 39.4. The topological polar surface area (TPSA) is 130 Å². The number of ether oxygens (including phenoxy) is 2. The zero-order valence-electron chi connectivity index (χ0n) is 15.5. The molecular weight excluding hydrogens is 460 g/mol. The van der Waals surface area contributed by atoms with Crippen LogP contribution in [0.3, 0.4) is 0 Å². The van der Waals surface area contributed by atoms with Crippen LogP contribution >= 0.6 is 15.9 Å². The first-order chi connectivity index (χ1) is 14.4. The van der Waals surface area contributed by atoms with E-state index in [1.54, 1.807) is 12.1 Å². The molecule has 5 unspecified atom stereocenters. The van der Waals surface area contributed by atoms with Crippen LogP contribution in [0.4, 0.5) is 0 Å². The zero-order valence-corrected chi connectivity index (χ0v) is 17.1. The second kappa shape index (κ2) is 8.46. The van der Waals surface area contributed by atoms with Crippen LogP contribution < -0.4 is 10.2 Å². The maximum absolute atomic E-state index is 12.9. The fourth-order valence-corrected chi connectivity index (χ4v) is 3.57. The van der Waals surface area contributed by atoms with Crippen LogP contribution in [0.5, 0.6) is 5.75 Å². The standard InChI is InChI=1S/C21H19BrO8/c22-11-3-1-10(2-4-11)14-9-28-15-7-12(5-6-13(15)17(14)24)29-21-20(27)19(26)18(25)16(8-23)30-21/h1-7,9,16,18-21,23,25-27H,8H2. The molecule has 4 rings (SSSR count). The average Bonchev–Trinajstić information content (AvgIpc) is 2.75. The molecule has 30 heavy (non-hydrogen) atoms. The largest absolute Gasteiger partial charge is 0.463 e. The van der Waals surface area contributed by atoms with E-state index in [2.05, 4.69) is 15.9 Å². The predicted molar refractivity (Wildman–Crippen MR) is 110 cm³/mol. The Kier molecular flexibility index (Phi) is 5.92. The van der Waals surface area contributed by atoms with Crippen molar-refractivity contribution in [2.24, 2.45) is 0 Å². The van der Waals surface area contributed by atoms with Crippen molar-refractivity contribution < 1.29 is 34.3 Å². The maximum atomic E-state index is 12.9. The number of fused-ring (bicyclic) bond motifs is 1. The number of aliphatic hydroxyl groups is 4. The molecule has 158 valence electrons. The molecule has 4 N–H and O–H groups in total. The molecule has 8 nitrogen and oxygen atoms in total. The monoisotopic (exact) mass is 478 g/mol. The van der Waals surface area contributed by atoms with Gasteiger partial charge in [-0.2, -0.15) is 0 Å². The highest BCUT2D eigenvalue weighted by Crippen LogP contribution is 2.27. The molecule has 1 aromatic heterocycles. The first kappa shape index (κ1) is 21.0. The summed E-state index contributed by atoms with van der Waals surface area (Å²) in [6.45, 7) is -0.559. The normalized spacial score (nSPS) is 26.6. The highest BCUT2D eigenvalue weighted by Gasteiger charge is 2.44. The minimum atomic E-state index is -1.55. The first-order valence-electron chi connectivity index (χ1n) is 9.17. The van der Waals surface area contributed by atoms with E-state index < -0.39 is 37.3 Å². The number of hydrogen-bond acceptors (Lipinski definition) is 8. The van der Waals surface area contributed by atoms with Crippen LogP contribution in [0.1, 0.15) is 0 Å². The van der Waals surface area contributed by atoms with Crippen molar-refractivity contribution in [1.29, 1.82) is 0 Å². The number of aliphatic hydroxyl groups excluding tert-OH is 4. The van der Waals surface area contributed by atoms with Crippen LogP contribution in [0, 0.1) is 0 Å². The maximum Gasteiger partial charge on any atom is 0.229 e. The van der Waals surface area contributed by atoms with Crippen LogP contribution in [0.2, 0.25) is 0 Å². The highest BCUT2D eigenvalue weighted by atomic mass is 79.9. The number of halogens is 1. The third-order valence-corrected chi connectivity index (χ3v) is 5.53. The van der Waals surface area contributed by atoms with E-state index in [4.69, 9.17) is 13.9 Å². The van der Waals surface area contributed by atoms with Crippen LogP contribution in [0.25, 0.3) is 22.1 Å². The smallest absolute Gasteiger partial charge is 0.229 e. The molecule has 9 heteroatoms. The molecule has 5 atom stereocenters. The van der Waals surface area contributed by atoms with Crippen molar-refractivity contribution in [3.63, 3.8) is 0 Å². The summed E-state index contributed by atoms with van der Waals surface area (Å²) in [4.78, 5) is 12.9. The minimum absolute atomic E-state index is 0.210. The van der Waals surface area contributed by atoms with Gasteiger partial charge in [-0.1, -0.05) is 28.1 Å². The summed E-state index contributed by atoms with van der Waals surface area (Å²) in [6, 6.07) is 11.8. The Morgan fingerprint density at radius 1 is 1.00 bits per heavy atom. The molecule has 0 radical (unpaired) electrons. The Hall–Kier alpha value is -2.27. The second-order valence-electron chi connectivity index (χ2n) is 6.96. The number of benzene rings is 2. The Morgan fingerprint density at radius 2 is 1.73 bits per heavy atom. The summed E-state index contributed by atoms with van der Waals surface area (Å²) >= 11 is 3.36. The second-order valence-corrected chi connectivity index (χ2v) is 7.87. The van der Waals surface area contributed by atoms with Crippen molar-refractivity contribution in [2.75, 3.05) is 6.61 Å². The SMILES string of the molecule is O=c1c(-c2ccc(Br)cc2)coc2cc(OC3OC(CO)C(O)C(O)C3O)ccc12. The van der Waals surface area contributed by atoms with E-state index in [9.17, 15) is 25.2 Å². The Bertz CT molecular complexity index is 1090. The van der Waals surface area contributed by atoms with Gasteiger partial charge in [0.2, 0.25) is 6.29 Å². The third kappa shape index (κ3) is 3.87. The summed E-state index contributed by atoms with van der Waals surface area (Å²) in [5.74, 6) is 0.214. The number of rotatable bonds is 4. The van der Waals surface area contributed by atoms with Gasteiger partial charge < -0.3 is 34.3 Å². The van der Waals surface area contributed by atoms with E-state index >= 15 is 0 Å². The summed E-state index contributed by atoms with van der Waals surface area (Å²) in [7, 11) is 0. The molecule has 0 aliphatic carbocycles. The lowest BCUT2D eigenvalue weighted by Gasteiger charge is -2.39. The van der Waals surface area contributed by atoms with Crippen molar-refractivity contribution in [3.8, 4) is 16.9 Å². The van der Waals surface area contributed by atoms with E-state index in [-0.39, 0.29) is 16.8 Å². The molecule has 2 aromatic carbocycles. The van der Waals surface area contributed by atoms with Gasteiger partial charge >= 0.3 is 0 Å². The van der Waals surface area contributed by atoms with Gasteiger partial charge in [-0.15, -0.1) is 0 Å². The van der Waals surface area contributed by atoms with Crippen LogP contribution in [-0.2, 0) is 4.74 Å². The molecule has 0 spiro atoms. The Balaban J connectivity index is 1.62.